The van der Waals surface area contributed by atoms with Crippen molar-refractivity contribution in [3.8, 4) is 0 Å². The fourth-order valence-corrected chi connectivity index (χ4v) is 1.90. The molecule has 1 aromatic carbocycles. The van der Waals surface area contributed by atoms with E-state index in [0.717, 1.165) is 0 Å². The number of furan rings is 1. The van der Waals surface area contributed by atoms with Crippen LogP contribution in [-0.4, -0.2) is 12.1 Å². The molecule has 0 radical (unpaired) electrons. The van der Waals surface area contributed by atoms with Crippen LogP contribution in [0.5, 0.6) is 0 Å². The van der Waals surface area contributed by atoms with Gasteiger partial charge in [0.05, 0.1) is 23.1 Å². The maximum Gasteiger partial charge on any atom is 0.274 e. The van der Waals surface area contributed by atoms with Gasteiger partial charge >= 0.3 is 0 Å². The van der Waals surface area contributed by atoms with Gasteiger partial charge < -0.3 is 4.42 Å². The van der Waals surface area contributed by atoms with Gasteiger partial charge in [0, 0.05) is 10.6 Å². The molecule has 0 saturated heterocycles. The van der Waals surface area contributed by atoms with E-state index >= 15 is 0 Å². The zero-order valence-electron chi connectivity index (χ0n) is 9.98. The minimum atomic E-state index is -0.340. The van der Waals surface area contributed by atoms with E-state index in [4.69, 9.17) is 27.6 Å². The van der Waals surface area contributed by atoms with Gasteiger partial charge in [-0.1, -0.05) is 29.3 Å². The van der Waals surface area contributed by atoms with E-state index in [-0.39, 0.29) is 5.91 Å². The SMILES string of the molecule is Cc1occc1C(=O)N/N=C/c1ccc(Cl)cc1Cl. The number of halogens is 2. The summed E-state index contributed by atoms with van der Waals surface area (Å²) in [5, 5.41) is 4.84. The lowest BCUT2D eigenvalue weighted by Crippen LogP contribution is -2.17. The van der Waals surface area contributed by atoms with Gasteiger partial charge in [-0.2, -0.15) is 5.10 Å². The van der Waals surface area contributed by atoms with Crippen LogP contribution in [0.2, 0.25) is 10.0 Å². The van der Waals surface area contributed by atoms with Gasteiger partial charge in [-0.25, -0.2) is 5.43 Å². The number of carbonyl (C=O) groups is 1. The molecule has 6 heteroatoms. The van der Waals surface area contributed by atoms with Crippen molar-refractivity contribution >= 4 is 35.3 Å². The number of rotatable bonds is 3. The van der Waals surface area contributed by atoms with Crippen LogP contribution in [0.15, 0.2) is 40.0 Å². The summed E-state index contributed by atoms with van der Waals surface area (Å²) < 4.78 is 5.03. The Hall–Kier alpha value is -1.78. The Morgan fingerprint density at radius 1 is 1.37 bits per heavy atom. The lowest BCUT2D eigenvalue weighted by atomic mass is 10.2. The predicted octanol–water partition coefficient (Wildman–Crippen LogP) is 3.66. The molecule has 1 aromatic heterocycles. The molecule has 1 N–H and O–H groups in total. The van der Waals surface area contributed by atoms with Crippen molar-refractivity contribution in [1.82, 2.24) is 5.43 Å². The lowest BCUT2D eigenvalue weighted by molar-refractivity contribution is 0.0953. The van der Waals surface area contributed by atoms with E-state index in [1.165, 1.54) is 12.5 Å². The van der Waals surface area contributed by atoms with Crippen LogP contribution >= 0.6 is 23.2 Å². The molecule has 4 nitrogen and oxygen atoms in total. The molecule has 0 aliphatic rings. The van der Waals surface area contributed by atoms with Gasteiger partial charge in [0.25, 0.3) is 5.91 Å². The molecular weight excluding hydrogens is 287 g/mol. The number of benzene rings is 1. The fourth-order valence-electron chi connectivity index (χ4n) is 1.45. The summed E-state index contributed by atoms with van der Waals surface area (Å²) in [6.45, 7) is 1.70. The molecule has 0 fully saturated rings. The molecule has 19 heavy (non-hydrogen) atoms. The smallest absolute Gasteiger partial charge is 0.274 e. The molecular formula is C13H10Cl2N2O2. The second-order valence-corrected chi connectivity index (χ2v) is 4.60. The highest BCUT2D eigenvalue weighted by Gasteiger charge is 2.09. The summed E-state index contributed by atoms with van der Waals surface area (Å²) >= 11 is 11.7. The molecule has 0 unspecified atom stereocenters. The average Bonchev–Trinajstić information content (AvgIpc) is 2.78. The van der Waals surface area contributed by atoms with Crippen molar-refractivity contribution in [2.24, 2.45) is 5.10 Å². The van der Waals surface area contributed by atoms with E-state index in [9.17, 15) is 4.79 Å². The van der Waals surface area contributed by atoms with Crippen molar-refractivity contribution < 1.29 is 9.21 Å². The summed E-state index contributed by atoms with van der Waals surface area (Å²) in [6, 6.07) is 6.59. The van der Waals surface area contributed by atoms with Crippen molar-refractivity contribution in [2.75, 3.05) is 0 Å². The number of hydrogen-bond acceptors (Lipinski definition) is 3. The van der Waals surface area contributed by atoms with Crippen molar-refractivity contribution in [3.05, 3.63) is 57.5 Å². The molecule has 0 spiro atoms. The normalized spacial score (nSPS) is 10.9. The van der Waals surface area contributed by atoms with E-state index in [0.29, 0.717) is 26.9 Å². The molecule has 2 aromatic rings. The summed E-state index contributed by atoms with van der Waals surface area (Å²) in [5.74, 6) is 0.199. The van der Waals surface area contributed by atoms with Crippen LogP contribution in [0.1, 0.15) is 21.7 Å². The number of hydrogen-bond donors (Lipinski definition) is 1. The molecule has 98 valence electrons. The average molecular weight is 297 g/mol. The zero-order valence-corrected chi connectivity index (χ0v) is 11.5. The Morgan fingerprint density at radius 3 is 2.79 bits per heavy atom. The van der Waals surface area contributed by atoms with Gasteiger partial charge in [-0.3, -0.25) is 4.79 Å². The molecule has 1 amide bonds. The molecule has 2 rings (SSSR count). The third kappa shape index (κ3) is 3.36. The van der Waals surface area contributed by atoms with Crippen LogP contribution in [0.25, 0.3) is 0 Å². The summed E-state index contributed by atoms with van der Waals surface area (Å²) in [6.07, 6.45) is 2.90. The van der Waals surface area contributed by atoms with Gasteiger partial charge in [0.2, 0.25) is 0 Å². The van der Waals surface area contributed by atoms with Gasteiger partial charge in [-0.05, 0) is 25.1 Å². The van der Waals surface area contributed by atoms with Crippen molar-refractivity contribution in [2.45, 2.75) is 6.92 Å². The van der Waals surface area contributed by atoms with Crippen molar-refractivity contribution in [3.63, 3.8) is 0 Å². The maximum atomic E-state index is 11.7. The first kappa shape index (κ1) is 13.6. The van der Waals surface area contributed by atoms with Crippen LogP contribution in [-0.2, 0) is 0 Å². The molecule has 0 bridgehead atoms. The van der Waals surface area contributed by atoms with Gasteiger partial charge in [0.1, 0.15) is 5.76 Å². The highest BCUT2D eigenvalue weighted by molar-refractivity contribution is 6.36. The topological polar surface area (TPSA) is 54.6 Å². The zero-order chi connectivity index (χ0) is 13.8. The first-order valence-electron chi connectivity index (χ1n) is 5.40. The van der Waals surface area contributed by atoms with E-state index in [1.54, 1.807) is 31.2 Å². The van der Waals surface area contributed by atoms with E-state index < -0.39 is 0 Å². The molecule has 0 aliphatic carbocycles. The number of nitrogens with zero attached hydrogens (tertiary/aromatic N) is 1. The van der Waals surface area contributed by atoms with Crippen LogP contribution in [0.4, 0.5) is 0 Å². The summed E-state index contributed by atoms with van der Waals surface area (Å²) in [4.78, 5) is 11.7. The first-order valence-corrected chi connectivity index (χ1v) is 6.16. The van der Waals surface area contributed by atoms with Crippen LogP contribution < -0.4 is 5.43 Å². The van der Waals surface area contributed by atoms with Gasteiger partial charge in [0.15, 0.2) is 0 Å². The van der Waals surface area contributed by atoms with Gasteiger partial charge in [-0.15, -0.1) is 0 Å². The second kappa shape index (κ2) is 5.91. The van der Waals surface area contributed by atoms with E-state index in [1.807, 2.05) is 0 Å². The van der Waals surface area contributed by atoms with Crippen molar-refractivity contribution in [1.29, 1.82) is 0 Å². The summed E-state index contributed by atoms with van der Waals surface area (Å²) in [7, 11) is 0. The van der Waals surface area contributed by atoms with E-state index in [2.05, 4.69) is 10.5 Å². The van der Waals surface area contributed by atoms with Crippen LogP contribution in [0, 0.1) is 6.92 Å². The molecule has 1 heterocycles. The highest BCUT2D eigenvalue weighted by atomic mass is 35.5. The third-order valence-electron chi connectivity index (χ3n) is 2.44. The Morgan fingerprint density at radius 2 is 2.16 bits per heavy atom. The largest absolute Gasteiger partial charge is 0.469 e. The lowest BCUT2D eigenvalue weighted by Gasteiger charge is -1.99. The first-order chi connectivity index (χ1) is 9.08. The summed E-state index contributed by atoms with van der Waals surface area (Å²) in [5.41, 5.74) is 3.50. The Labute approximate surface area is 120 Å². The Balaban J connectivity index is 2.04. The highest BCUT2D eigenvalue weighted by Crippen LogP contribution is 2.19. The monoisotopic (exact) mass is 296 g/mol. The minimum absolute atomic E-state index is 0.340. The number of aryl methyl sites for hydroxylation is 1. The standard InChI is InChI=1S/C13H10Cl2N2O2/c1-8-11(4-5-19-8)13(18)17-16-7-9-2-3-10(14)6-12(9)15/h2-7H,1H3,(H,17,18)/b16-7+. The van der Waals surface area contributed by atoms with Crippen LogP contribution in [0.3, 0.4) is 0 Å². The third-order valence-corrected chi connectivity index (χ3v) is 3.00. The quantitative estimate of drug-likeness (QED) is 0.694. The number of nitrogens with one attached hydrogen (secondary N) is 1. The molecule has 0 atom stereocenters. The molecule has 0 saturated carbocycles. The Bertz CT molecular complexity index is 635. The molecule has 0 aliphatic heterocycles. The number of carbonyl (C=O) groups excluding carboxylic acids is 1. The second-order valence-electron chi connectivity index (χ2n) is 3.76. The number of hydrazone groups is 1. The Kier molecular flexibility index (Phi) is 4.24. The maximum absolute atomic E-state index is 11.7. The minimum Gasteiger partial charge on any atom is -0.469 e. The fraction of sp³-hybridized carbons (Fsp3) is 0.0769. The predicted molar refractivity (Wildman–Crippen MR) is 75.0 cm³/mol. The number of amides is 1.